The Labute approximate surface area is 167 Å². The van der Waals surface area contributed by atoms with E-state index >= 15 is 0 Å². The van der Waals surface area contributed by atoms with Gasteiger partial charge in [-0.3, -0.25) is 13.9 Å². The first-order valence-corrected chi connectivity index (χ1v) is 9.52. The van der Waals surface area contributed by atoms with Crippen molar-refractivity contribution in [3.8, 4) is 0 Å². The summed E-state index contributed by atoms with van der Waals surface area (Å²) in [6.45, 7) is 3.01. The van der Waals surface area contributed by atoms with E-state index in [9.17, 15) is 4.79 Å². The number of aliphatic carboxylic acids is 1. The summed E-state index contributed by atoms with van der Waals surface area (Å²) in [5, 5.41) is 11.8. The summed E-state index contributed by atoms with van der Waals surface area (Å²) in [6.07, 6.45) is 10.2. The van der Waals surface area contributed by atoms with Crippen molar-refractivity contribution in [2.45, 2.75) is 64.3 Å². The van der Waals surface area contributed by atoms with Crippen molar-refractivity contribution in [2.75, 3.05) is 12.3 Å². The van der Waals surface area contributed by atoms with Gasteiger partial charge in [0.1, 0.15) is 6.04 Å². The number of rotatable bonds is 12. The summed E-state index contributed by atoms with van der Waals surface area (Å²) in [7, 11) is -4.67. The van der Waals surface area contributed by atoms with Crippen molar-refractivity contribution in [2.24, 2.45) is 0 Å². The molecule has 0 aliphatic carbocycles. The third kappa shape index (κ3) is 31.0. The van der Waals surface area contributed by atoms with Crippen LogP contribution in [-0.2, 0) is 15.2 Å². The van der Waals surface area contributed by atoms with E-state index in [0.29, 0.717) is 5.75 Å². The van der Waals surface area contributed by atoms with Crippen molar-refractivity contribution in [1.29, 1.82) is 0 Å². The van der Waals surface area contributed by atoms with Gasteiger partial charge >= 0.3 is 45.9 Å². The van der Waals surface area contributed by atoms with Crippen LogP contribution in [-0.4, -0.2) is 76.5 Å². The van der Waals surface area contributed by atoms with Gasteiger partial charge in [-0.1, -0.05) is 51.9 Å². The standard InChI is InChI=1S/C13H27NO2S.Na.H2O4S.H/c1-2-3-4-5-6-7-8-9-10-14-12(11-17)13(15)16;;1-5(2,3)4;/h12,14,17H,2-11H2,1H3,(H,15,16);;(H2,1,2,3,4);. The van der Waals surface area contributed by atoms with Crippen LogP contribution in [0.1, 0.15) is 58.3 Å². The minimum absolute atomic E-state index is 0. The van der Waals surface area contributed by atoms with Crippen LogP contribution in [0.25, 0.3) is 0 Å². The molecule has 0 heterocycles. The van der Waals surface area contributed by atoms with E-state index in [-0.39, 0.29) is 29.6 Å². The molecule has 0 radical (unpaired) electrons. The molecular weight excluding hydrogens is 353 g/mol. The van der Waals surface area contributed by atoms with Crippen LogP contribution in [0.3, 0.4) is 0 Å². The Morgan fingerprint density at radius 3 is 1.78 bits per heavy atom. The van der Waals surface area contributed by atoms with Gasteiger partial charge in [-0.05, 0) is 13.0 Å². The zero-order chi connectivity index (χ0) is 17.4. The Morgan fingerprint density at radius 1 is 1.04 bits per heavy atom. The molecule has 136 valence electrons. The van der Waals surface area contributed by atoms with E-state index in [1.165, 1.54) is 44.9 Å². The molecule has 0 aliphatic rings. The van der Waals surface area contributed by atoms with Crippen LogP contribution >= 0.6 is 12.6 Å². The van der Waals surface area contributed by atoms with Gasteiger partial charge in [-0.15, -0.1) is 0 Å². The summed E-state index contributed by atoms with van der Waals surface area (Å²) < 4.78 is 31.6. The predicted molar refractivity (Wildman–Crippen MR) is 97.2 cm³/mol. The number of hydrogen-bond donors (Lipinski definition) is 5. The normalized spacial score (nSPS) is 11.8. The Hall–Kier alpha value is 0.650. The number of hydrogen-bond acceptors (Lipinski definition) is 5. The number of nitrogens with one attached hydrogen (secondary N) is 1. The molecule has 0 saturated carbocycles. The van der Waals surface area contributed by atoms with E-state index in [1.54, 1.807) is 0 Å². The molecule has 0 aromatic carbocycles. The fourth-order valence-electron chi connectivity index (χ4n) is 1.77. The Morgan fingerprint density at radius 2 is 1.43 bits per heavy atom. The molecule has 10 heteroatoms. The quantitative estimate of drug-likeness (QED) is 0.151. The van der Waals surface area contributed by atoms with Crippen LogP contribution in [0.2, 0.25) is 0 Å². The minimum atomic E-state index is -4.67. The second-order valence-electron chi connectivity index (χ2n) is 4.95. The fourth-order valence-corrected chi connectivity index (χ4v) is 2.05. The predicted octanol–water partition coefficient (Wildman–Crippen LogP) is 1.80. The summed E-state index contributed by atoms with van der Waals surface area (Å²) in [4.78, 5) is 10.7. The molecular formula is C13H30NNaO6S2. The van der Waals surface area contributed by atoms with E-state index in [2.05, 4.69) is 24.9 Å². The van der Waals surface area contributed by atoms with E-state index in [4.69, 9.17) is 22.6 Å². The van der Waals surface area contributed by atoms with Crippen LogP contribution in [0.4, 0.5) is 0 Å². The summed E-state index contributed by atoms with van der Waals surface area (Å²) in [6, 6.07) is -0.497. The molecule has 7 nitrogen and oxygen atoms in total. The topological polar surface area (TPSA) is 124 Å². The first kappa shape index (κ1) is 28.5. The molecule has 4 N–H and O–H groups in total. The molecule has 0 amide bonds. The second-order valence-corrected chi connectivity index (χ2v) is 6.21. The average molecular weight is 384 g/mol. The molecule has 23 heavy (non-hydrogen) atoms. The first-order valence-electron chi connectivity index (χ1n) is 7.49. The molecule has 1 atom stereocenters. The number of carboxylic acid groups (broad SMARTS) is 1. The SMILES string of the molecule is CCCCCCCCCCNC(CS)C(=O)O.O=S(=O)(O)O.[NaH]. The van der Waals surface area contributed by atoms with Gasteiger partial charge in [0.2, 0.25) is 0 Å². The fraction of sp³-hybridized carbons (Fsp3) is 0.923. The number of carboxylic acids is 1. The van der Waals surface area contributed by atoms with Gasteiger partial charge in [-0.2, -0.15) is 21.0 Å². The Bertz CT molecular complexity index is 359. The Balaban J connectivity index is -0.000000578. The van der Waals surface area contributed by atoms with Crippen molar-refractivity contribution in [3.63, 3.8) is 0 Å². The van der Waals surface area contributed by atoms with Crippen LogP contribution in [0.15, 0.2) is 0 Å². The van der Waals surface area contributed by atoms with E-state index in [0.717, 1.165) is 13.0 Å². The first-order chi connectivity index (χ1) is 10.2. The molecule has 0 bridgehead atoms. The van der Waals surface area contributed by atoms with Crippen LogP contribution in [0.5, 0.6) is 0 Å². The van der Waals surface area contributed by atoms with Crippen LogP contribution < -0.4 is 5.32 Å². The van der Waals surface area contributed by atoms with Gasteiger partial charge in [0, 0.05) is 5.75 Å². The average Bonchev–Trinajstić information content (AvgIpc) is 2.39. The number of thiol groups is 1. The maximum atomic E-state index is 10.7. The molecule has 1 unspecified atom stereocenters. The summed E-state index contributed by atoms with van der Waals surface area (Å²) >= 11 is 4.00. The van der Waals surface area contributed by atoms with E-state index < -0.39 is 22.4 Å². The molecule has 0 aromatic heterocycles. The maximum absolute atomic E-state index is 10.7. The molecule has 0 rings (SSSR count). The third-order valence-corrected chi connectivity index (χ3v) is 3.27. The van der Waals surface area contributed by atoms with Crippen molar-refractivity contribution in [3.05, 3.63) is 0 Å². The van der Waals surface area contributed by atoms with E-state index in [1.807, 2.05) is 0 Å². The van der Waals surface area contributed by atoms with Gasteiger partial charge in [0.15, 0.2) is 0 Å². The third-order valence-electron chi connectivity index (χ3n) is 2.90. The van der Waals surface area contributed by atoms with Gasteiger partial charge in [0.25, 0.3) is 0 Å². The number of carbonyl (C=O) groups is 1. The second kappa shape index (κ2) is 19.0. The molecule has 0 saturated heterocycles. The molecule has 0 aromatic rings. The van der Waals surface area contributed by atoms with Gasteiger partial charge < -0.3 is 10.4 Å². The summed E-state index contributed by atoms with van der Waals surface area (Å²) in [5.74, 6) is -0.452. The van der Waals surface area contributed by atoms with Crippen molar-refractivity contribution >= 4 is 58.6 Å². The zero-order valence-electron chi connectivity index (χ0n) is 13.1. The molecule has 0 fully saturated rings. The van der Waals surface area contributed by atoms with Crippen molar-refractivity contribution < 1.29 is 27.4 Å². The van der Waals surface area contributed by atoms with Gasteiger partial charge in [-0.25, -0.2) is 0 Å². The van der Waals surface area contributed by atoms with Gasteiger partial charge in [0.05, 0.1) is 0 Å². The number of unbranched alkanes of at least 4 members (excludes halogenated alkanes) is 7. The van der Waals surface area contributed by atoms with Crippen LogP contribution in [0, 0.1) is 0 Å². The Kier molecular flexibility index (Phi) is 23.5. The van der Waals surface area contributed by atoms with Crippen molar-refractivity contribution in [1.82, 2.24) is 5.32 Å². The molecule has 0 aliphatic heterocycles. The zero-order valence-corrected chi connectivity index (χ0v) is 14.8. The molecule has 0 spiro atoms. The monoisotopic (exact) mass is 383 g/mol. The summed E-state index contributed by atoms with van der Waals surface area (Å²) in [5.41, 5.74) is 0.